The molecule has 8 rings (SSSR count). The van der Waals surface area contributed by atoms with E-state index in [1.54, 1.807) is 9.36 Å². The quantitative estimate of drug-likeness (QED) is 0.0907. The Labute approximate surface area is 372 Å². The van der Waals surface area contributed by atoms with Crippen LogP contribution in [0.4, 0.5) is 0 Å². The van der Waals surface area contributed by atoms with Crippen LogP contribution in [0.3, 0.4) is 0 Å². The van der Waals surface area contributed by atoms with E-state index in [1.165, 1.54) is 0 Å². The molecule has 0 bridgehead atoms. The van der Waals surface area contributed by atoms with Crippen molar-refractivity contribution in [2.24, 2.45) is 11.8 Å². The minimum atomic E-state index is -0.0500. The lowest BCUT2D eigenvalue weighted by atomic mass is 9.98. The Hall–Kier alpha value is -7.10. The minimum absolute atomic E-state index is 0.0298. The van der Waals surface area contributed by atoms with Gasteiger partial charge in [0.15, 0.2) is 11.6 Å². The molecule has 0 unspecified atom stereocenters. The molecule has 0 fully saturated rings. The fourth-order valence-corrected chi connectivity index (χ4v) is 7.53. The van der Waals surface area contributed by atoms with Gasteiger partial charge in [0.25, 0.3) is 0 Å². The number of aryl methyl sites for hydroxylation is 3. The maximum atomic E-state index is 13.0. The van der Waals surface area contributed by atoms with Gasteiger partial charge in [-0.2, -0.15) is 10.2 Å². The Morgan fingerprint density at radius 1 is 0.547 bits per heavy atom. The number of H-pyrrole nitrogens is 2. The first-order chi connectivity index (χ1) is 31.0. The predicted molar refractivity (Wildman–Crippen MR) is 248 cm³/mol. The van der Waals surface area contributed by atoms with Crippen molar-refractivity contribution in [1.29, 1.82) is 0 Å². The van der Waals surface area contributed by atoms with Gasteiger partial charge in [-0.25, -0.2) is 29.2 Å². The second kappa shape index (κ2) is 20.8. The molecule has 0 spiro atoms. The highest BCUT2D eigenvalue weighted by Gasteiger charge is 2.18. The number of rotatable bonds is 17. The van der Waals surface area contributed by atoms with Gasteiger partial charge < -0.3 is 0 Å². The molecular formula is C48H58N14O2. The van der Waals surface area contributed by atoms with Gasteiger partial charge in [-0.15, -0.1) is 10.2 Å². The standard InChI is InChI=1S/2C24H29N7O/c1-16(2)9-14-22-27-31(17(3)4)24(32)30(22)15-18-10-12-19(13-11-18)20-7-5-6-8-21(20)23-25-28-29-26-23;1-4-15-31-24(32)30(22(27-31)14-9-17(2)3)16-18-10-12-19(13-11-18)20-7-5-6-8-21(20)23-25-28-29-26-23/h5-8,10-13,16-17H,9,14-15H2,1-4H3,(H,25,26,28,29);5-8,10-13,17H,4,9,14-16H2,1-3H3,(H,25,26,28,29). The van der Waals surface area contributed by atoms with Crippen molar-refractivity contribution in [3.63, 3.8) is 0 Å². The Morgan fingerprint density at radius 2 is 0.984 bits per heavy atom. The maximum absolute atomic E-state index is 13.0. The molecule has 4 aromatic carbocycles. The summed E-state index contributed by atoms with van der Waals surface area (Å²) in [4.78, 5) is 25.9. The van der Waals surface area contributed by atoms with Crippen LogP contribution >= 0.6 is 0 Å². The third kappa shape index (κ3) is 10.7. The molecule has 332 valence electrons. The molecule has 4 heterocycles. The lowest BCUT2D eigenvalue weighted by Gasteiger charge is -2.10. The van der Waals surface area contributed by atoms with Crippen molar-refractivity contribution in [1.82, 2.24) is 69.9 Å². The van der Waals surface area contributed by atoms with Crippen LogP contribution in [0.5, 0.6) is 0 Å². The van der Waals surface area contributed by atoms with Crippen LogP contribution in [0.25, 0.3) is 45.0 Å². The normalized spacial score (nSPS) is 11.5. The lowest BCUT2D eigenvalue weighted by Crippen LogP contribution is -2.27. The van der Waals surface area contributed by atoms with Crippen LogP contribution in [0.15, 0.2) is 107 Å². The zero-order valence-corrected chi connectivity index (χ0v) is 37.8. The molecule has 0 amide bonds. The van der Waals surface area contributed by atoms with E-state index < -0.39 is 0 Å². The molecule has 0 radical (unpaired) electrons. The van der Waals surface area contributed by atoms with E-state index in [1.807, 2.05) is 65.4 Å². The number of hydrogen-bond acceptors (Lipinski definition) is 10. The molecule has 0 aliphatic carbocycles. The average Bonchev–Trinajstić information content (AvgIpc) is 4.14. The molecule has 16 heteroatoms. The number of tetrazole rings is 2. The number of hydrogen-bond donors (Lipinski definition) is 2. The first-order valence-corrected chi connectivity index (χ1v) is 22.2. The van der Waals surface area contributed by atoms with E-state index in [9.17, 15) is 9.59 Å². The van der Waals surface area contributed by atoms with Crippen molar-refractivity contribution >= 4 is 0 Å². The van der Waals surface area contributed by atoms with Crippen LogP contribution in [0, 0.1) is 11.8 Å². The van der Waals surface area contributed by atoms with Crippen LogP contribution in [-0.4, -0.2) is 69.9 Å². The average molecular weight is 863 g/mol. The summed E-state index contributed by atoms with van der Waals surface area (Å²) in [6.07, 6.45) is 4.49. The Balaban J connectivity index is 0.000000191. The number of aromatic nitrogens is 14. The van der Waals surface area contributed by atoms with Crippen molar-refractivity contribution < 1.29 is 0 Å². The van der Waals surface area contributed by atoms with Crippen LogP contribution in [-0.2, 0) is 32.5 Å². The van der Waals surface area contributed by atoms with Crippen molar-refractivity contribution in [2.45, 2.75) is 106 Å². The zero-order valence-electron chi connectivity index (χ0n) is 37.8. The van der Waals surface area contributed by atoms with Crippen molar-refractivity contribution in [3.8, 4) is 45.0 Å². The Kier molecular flexibility index (Phi) is 14.6. The third-order valence-electron chi connectivity index (χ3n) is 11.0. The van der Waals surface area contributed by atoms with E-state index in [2.05, 4.69) is 141 Å². The van der Waals surface area contributed by atoms with Crippen LogP contribution < -0.4 is 11.4 Å². The van der Waals surface area contributed by atoms with E-state index in [4.69, 9.17) is 0 Å². The third-order valence-corrected chi connectivity index (χ3v) is 11.0. The van der Waals surface area contributed by atoms with E-state index in [0.29, 0.717) is 43.1 Å². The van der Waals surface area contributed by atoms with Gasteiger partial charge in [-0.3, -0.25) is 9.13 Å². The van der Waals surface area contributed by atoms with Gasteiger partial charge in [0, 0.05) is 30.5 Å². The topological polar surface area (TPSA) is 189 Å². The predicted octanol–water partition coefficient (Wildman–Crippen LogP) is 8.05. The second-order valence-electron chi connectivity index (χ2n) is 17.2. The number of aromatic amines is 2. The second-order valence-corrected chi connectivity index (χ2v) is 17.2. The molecule has 2 N–H and O–H groups in total. The Bertz CT molecular complexity index is 2810. The minimum Gasteiger partial charge on any atom is -0.274 e. The van der Waals surface area contributed by atoms with Crippen LogP contribution in [0.1, 0.15) is 96.5 Å². The van der Waals surface area contributed by atoms with Crippen LogP contribution in [0.2, 0.25) is 0 Å². The summed E-state index contributed by atoms with van der Waals surface area (Å²) >= 11 is 0. The summed E-state index contributed by atoms with van der Waals surface area (Å²) in [5.74, 6) is 4.10. The fourth-order valence-electron chi connectivity index (χ4n) is 7.53. The van der Waals surface area contributed by atoms with Gasteiger partial charge >= 0.3 is 11.4 Å². The van der Waals surface area contributed by atoms with Crippen molar-refractivity contribution in [2.75, 3.05) is 0 Å². The van der Waals surface area contributed by atoms with Gasteiger partial charge in [-0.1, -0.05) is 132 Å². The first-order valence-electron chi connectivity index (χ1n) is 22.2. The molecule has 0 aliphatic rings. The maximum Gasteiger partial charge on any atom is 0.346 e. The van der Waals surface area contributed by atoms with E-state index >= 15 is 0 Å². The number of nitrogens with zero attached hydrogens (tertiary/aromatic N) is 12. The molecule has 0 saturated heterocycles. The molecule has 16 nitrogen and oxygen atoms in total. The van der Waals surface area contributed by atoms with Crippen molar-refractivity contribution in [3.05, 3.63) is 141 Å². The molecule has 8 aromatic rings. The molecule has 64 heavy (non-hydrogen) atoms. The largest absolute Gasteiger partial charge is 0.346 e. The number of benzene rings is 4. The molecule has 0 saturated carbocycles. The summed E-state index contributed by atoms with van der Waals surface area (Å²) in [5, 5.41) is 37.8. The SMILES string of the molecule is CC(C)CCc1nn(C(C)C)c(=O)n1Cc1ccc(-c2ccccc2-c2nnn[nH]2)cc1.CCCn1nc(CCC(C)C)n(Cc2ccc(-c3ccccc3-c3nnn[nH]3)cc2)c1=O. The molecule has 0 atom stereocenters. The molecule has 0 aliphatic heterocycles. The van der Waals surface area contributed by atoms with E-state index in [0.717, 1.165) is 88.3 Å². The highest BCUT2D eigenvalue weighted by Crippen LogP contribution is 2.31. The number of nitrogens with one attached hydrogen (secondary N) is 2. The smallest absolute Gasteiger partial charge is 0.274 e. The molecule has 4 aromatic heterocycles. The lowest BCUT2D eigenvalue weighted by molar-refractivity contribution is 0.502. The summed E-state index contributed by atoms with van der Waals surface area (Å²) in [6.45, 7) is 16.5. The summed E-state index contributed by atoms with van der Waals surface area (Å²) in [7, 11) is 0. The first kappa shape index (κ1) is 44.9. The van der Waals surface area contributed by atoms with Gasteiger partial charge in [0.1, 0.15) is 11.6 Å². The highest BCUT2D eigenvalue weighted by molar-refractivity contribution is 5.81. The highest BCUT2D eigenvalue weighted by atomic mass is 16.2. The monoisotopic (exact) mass is 862 g/mol. The van der Waals surface area contributed by atoms with E-state index in [-0.39, 0.29) is 17.4 Å². The van der Waals surface area contributed by atoms with Gasteiger partial charge in [0.2, 0.25) is 0 Å². The summed E-state index contributed by atoms with van der Waals surface area (Å²) in [5.41, 5.74) is 8.14. The summed E-state index contributed by atoms with van der Waals surface area (Å²) in [6, 6.07) is 32.6. The Morgan fingerprint density at radius 3 is 1.39 bits per heavy atom. The van der Waals surface area contributed by atoms with Gasteiger partial charge in [0.05, 0.1) is 19.1 Å². The summed E-state index contributed by atoms with van der Waals surface area (Å²) < 4.78 is 6.82. The van der Waals surface area contributed by atoms with Gasteiger partial charge in [-0.05, 0) is 99.2 Å². The zero-order chi connectivity index (χ0) is 45.2. The molecular weight excluding hydrogens is 805 g/mol. The fraction of sp³-hybridized carbons (Fsp3) is 0.375.